The van der Waals surface area contributed by atoms with Gasteiger partial charge in [0.15, 0.2) is 6.61 Å². The number of likely N-dealkylation sites (tertiary alicyclic amines) is 1. The molecule has 2 aliphatic rings. The van der Waals surface area contributed by atoms with Crippen molar-refractivity contribution >= 4 is 18.3 Å². The van der Waals surface area contributed by atoms with Crippen LogP contribution < -0.4 is 10.1 Å². The molecular weight excluding hydrogens is 300 g/mol. The van der Waals surface area contributed by atoms with Crippen LogP contribution >= 0.6 is 12.4 Å². The van der Waals surface area contributed by atoms with Crippen LogP contribution in [0.25, 0.3) is 0 Å². The zero-order valence-electron chi connectivity index (χ0n) is 12.9. The number of nitrogens with zero attached hydrogens (tertiary/aromatic N) is 1. The first kappa shape index (κ1) is 17.1. The number of nitrogens with one attached hydrogen (secondary N) is 1. The van der Waals surface area contributed by atoms with Crippen LogP contribution in [0.4, 0.5) is 0 Å². The molecule has 0 aromatic heterocycles. The highest BCUT2D eigenvalue weighted by atomic mass is 35.5. The Labute approximate surface area is 138 Å². The summed E-state index contributed by atoms with van der Waals surface area (Å²) < 4.78 is 5.53. The third-order valence-electron chi connectivity index (χ3n) is 4.35. The second-order valence-corrected chi connectivity index (χ2v) is 6.11. The Hall–Kier alpha value is -1.26. The molecule has 3 rings (SSSR count). The topological polar surface area (TPSA) is 41.6 Å². The minimum absolute atomic E-state index is 0. The minimum atomic E-state index is 0. The lowest BCUT2D eigenvalue weighted by Gasteiger charge is -2.32. The molecule has 122 valence electrons. The van der Waals surface area contributed by atoms with E-state index in [-0.39, 0.29) is 24.9 Å². The molecule has 1 aromatic carbocycles. The number of hydrogen-bond acceptors (Lipinski definition) is 3. The van der Waals surface area contributed by atoms with Gasteiger partial charge in [0, 0.05) is 19.1 Å². The lowest BCUT2D eigenvalue weighted by molar-refractivity contribution is -0.134. The third-order valence-corrected chi connectivity index (χ3v) is 4.35. The summed E-state index contributed by atoms with van der Waals surface area (Å²) in [7, 11) is 0. The summed E-state index contributed by atoms with van der Waals surface area (Å²) in [6.07, 6.45) is 4.90. The molecule has 0 atom stereocenters. The Morgan fingerprint density at radius 3 is 2.45 bits per heavy atom. The fourth-order valence-electron chi connectivity index (χ4n) is 2.74. The lowest BCUT2D eigenvalue weighted by atomic mass is 10.0. The minimum Gasteiger partial charge on any atom is -0.484 e. The molecule has 0 spiro atoms. The van der Waals surface area contributed by atoms with Crippen molar-refractivity contribution in [3.05, 3.63) is 30.3 Å². The molecule has 1 saturated carbocycles. The predicted octanol–water partition coefficient (Wildman–Crippen LogP) is 2.48. The standard InChI is InChI=1S/C17H24N2O2.ClH/c20-17(13-21-16-4-2-1-3-5-16)19-10-8-15(9-11-19)18-12-14-6-7-14;/h1-5,14-15,18H,6-13H2;1H. The summed E-state index contributed by atoms with van der Waals surface area (Å²) in [6.45, 7) is 3.00. The summed E-state index contributed by atoms with van der Waals surface area (Å²) >= 11 is 0. The lowest BCUT2D eigenvalue weighted by Crippen LogP contribution is -2.46. The van der Waals surface area contributed by atoms with Crippen molar-refractivity contribution in [2.45, 2.75) is 31.7 Å². The van der Waals surface area contributed by atoms with Gasteiger partial charge in [0.2, 0.25) is 0 Å². The molecule has 22 heavy (non-hydrogen) atoms. The van der Waals surface area contributed by atoms with Crippen LogP contribution in [0.1, 0.15) is 25.7 Å². The van der Waals surface area contributed by atoms with E-state index >= 15 is 0 Å². The van der Waals surface area contributed by atoms with Gasteiger partial charge >= 0.3 is 0 Å². The monoisotopic (exact) mass is 324 g/mol. The quantitative estimate of drug-likeness (QED) is 0.874. The molecule has 1 aromatic rings. The van der Waals surface area contributed by atoms with E-state index in [1.54, 1.807) is 0 Å². The van der Waals surface area contributed by atoms with E-state index in [0.717, 1.165) is 44.1 Å². The number of rotatable bonds is 6. The highest BCUT2D eigenvalue weighted by molar-refractivity contribution is 5.85. The molecule has 5 heteroatoms. The predicted molar refractivity (Wildman–Crippen MR) is 89.5 cm³/mol. The fraction of sp³-hybridized carbons (Fsp3) is 0.588. The van der Waals surface area contributed by atoms with Crippen molar-refractivity contribution in [3.63, 3.8) is 0 Å². The summed E-state index contributed by atoms with van der Waals surface area (Å²) in [5.41, 5.74) is 0. The van der Waals surface area contributed by atoms with E-state index in [1.165, 1.54) is 12.8 Å². The molecule has 1 saturated heterocycles. The highest BCUT2D eigenvalue weighted by Gasteiger charge is 2.25. The Bertz CT molecular complexity index is 457. The molecule has 0 radical (unpaired) electrons. The number of carbonyl (C=O) groups excluding carboxylic acids is 1. The zero-order valence-corrected chi connectivity index (χ0v) is 13.7. The van der Waals surface area contributed by atoms with Gasteiger partial charge in [-0.25, -0.2) is 0 Å². The zero-order chi connectivity index (χ0) is 14.5. The Kier molecular flexibility index (Phi) is 6.52. The SMILES string of the molecule is Cl.O=C(COc1ccccc1)N1CCC(NCC2CC2)CC1. The largest absolute Gasteiger partial charge is 0.484 e. The molecule has 0 bridgehead atoms. The molecule has 2 fully saturated rings. The van der Waals surface area contributed by atoms with Gasteiger partial charge < -0.3 is 15.0 Å². The second-order valence-electron chi connectivity index (χ2n) is 6.11. The number of amides is 1. The Morgan fingerprint density at radius 1 is 1.14 bits per heavy atom. The first-order valence-electron chi connectivity index (χ1n) is 8.00. The normalized spacial score (nSPS) is 18.6. The first-order valence-corrected chi connectivity index (χ1v) is 8.00. The fourth-order valence-corrected chi connectivity index (χ4v) is 2.74. The molecule has 1 amide bonds. The maximum Gasteiger partial charge on any atom is 0.260 e. The Morgan fingerprint density at radius 2 is 1.82 bits per heavy atom. The number of ether oxygens (including phenoxy) is 1. The number of piperidine rings is 1. The van der Waals surface area contributed by atoms with Crippen molar-refractivity contribution < 1.29 is 9.53 Å². The van der Waals surface area contributed by atoms with Crippen molar-refractivity contribution in [3.8, 4) is 5.75 Å². The van der Waals surface area contributed by atoms with E-state index in [4.69, 9.17) is 4.74 Å². The van der Waals surface area contributed by atoms with Crippen LogP contribution in [-0.4, -0.2) is 43.1 Å². The van der Waals surface area contributed by atoms with Gasteiger partial charge in [-0.1, -0.05) is 18.2 Å². The molecule has 4 nitrogen and oxygen atoms in total. The maximum atomic E-state index is 12.1. The summed E-state index contributed by atoms with van der Waals surface area (Å²) in [5.74, 6) is 1.77. The number of halogens is 1. The smallest absolute Gasteiger partial charge is 0.260 e. The van der Waals surface area contributed by atoms with E-state index in [9.17, 15) is 4.79 Å². The van der Waals surface area contributed by atoms with Crippen LogP contribution in [0.3, 0.4) is 0 Å². The van der Waals surface area contributed by atoms with Crippen molar-refractivity contribution in [1.29, 1.82) is 0 Å². The number of benzene rings is 1. The van der Waals surface area contributed by atoms with Crippen LogP contribution in [0, 0.1) is 5.92 Å². The number of carbonyl (C=O) groups is 1. The van der Waals surface area contributed by atoms with Crippen LogP contribution in [0.5, 0.6) is 5.75 Å². The molecule has 1 aliphatic heterocycles. The molecule has 1 aliphatic carbocycles. The number of hydrogen-bond donors (Lipinski definition) is 1. The van der Waals surface area contributed by atoms with Gasteiger partial charge in [0.25, 0.3) is 5.91 Å². The van der Waals surface area contributed by atoms with Crippen LogP contribution in [-0.2, 0) is 4.79 Å². The van der Waals surface area contributed by atoms with E-state index < -0.39 is 0 Å². The molecule has 0 unspecified atom stereocenters. The van der Waals surface area contributed by atoms with Gasteiger partial charge in [-0.15, -0.1) is 12.4 Å². The first-order chi connectivity index (χ1) is 10.3. The van der Waals surface area contributed by atoms with Gasteiger partial charge in [-0.2, -0.15) is 0 Å². The third kappa shape index (κ3) is 5.18. The summed E-state index contributed by atoms with van der Waals surface area (Å²) in [6, 6.07) is 10.1. The second kappa shape index (κ2) is 8.39. The van der Waals surface area contributed by atoms with Crippen molar-refractivity contribution in [1.82, 2.24) is 10.2 Å². The average molecular weight is 325 g/mol. The van der Waals surface area contributed by atoms with Crippen LogP contribution in [0.2, 0.25) is 0 Å². The summed E-state index contributed by atoms with van der Waals surface area (Å²) in [5, 5.41) is 3.63. The van der Waals surface area contributed by atoms with Gasteiger partial charge in [-0.3, -0.25) is 4.79 Å². The number of para-hydroxylation sites is 1. The van der Waals surface area contributed by atoms with E-state index in [1.807, 2.05) is 35.2 Å². The van der Waals surface area contributed by atoms with Gasteiger partial charge in [-0.05, 0) is 50.3 Å². The van der Waals surface area contributed by atoms with Gasteiger partial charge in [0.05, 0.1) is 0 Å². The molecule has 1 N–H and O–H groups in total. The average Bonchev–Trinajstić information content (AvgIpc) is 3.36. The highest BCUT2D eigenvalue weighted by Crippen LogP contribution is 2.28. The van der Waals surface area contributed by atoms with Crippen LogP contribution in [0.15, 0.2) is 30.3 Å². The maximum absolute atomic E-state index is 12.1. The summed E-state index contributed by atoms with van der Waals surface area (Å²) in [4.78, 5) is 14.1. The van der Waals surface area contributed by atoms with Crippen molar-refractivity contribution in [2.75, 3.05) is 26.2 Å². The Balaban J connectivity index is 0.00000176. The molecular formula is C17H25ClN2O2. The van der Waals surface area contributed by atoms with E-state index in [0.29, 0.717) is 6.04 Å². The molecule has 1 heterocycles. The van der Waals surface area contributed by atoms with Gasteiger partial charge in [0.1, 0.15) is 5.75 Å². The van der Waals surface area contributed by atoms with E-state index in [2.05, 4.69) is 5.32 Å². The van der Waals surface area contributed by atoms with Crippen molar-refractivity contribution in [2.24, 2.45) is 5.92 Å².